The van der Waals surface area contributed by atoms with E-state index in [-0.39, 0.29) is 16.2 Å². The van der Waals surface area contributed by atoms with E-state index in [0.29, 0.717) is 5.56 Å². The van der Waals surface area contributed by atoms with Gasteiger partial charge in [-0.15, -0.1) is 5.92 Å². The highest BCUT2D eigenvalue weighted by molar-refractivity contribution is 7.91. The maximum atomic E-state index is 11.8. The number of hydrogen-bond donors (Lipinski definition) is 1. The molecule has 0 amide bonds. The van der Waals surface area contributed by atoms with Crippen LogP contribution in [0.5, 0.6) is 0 Å². The molecule has 1 aromatic carbocycles. The van der Waals surface area contributed by atoms with Gasteiger partial charge < -0.3 is 5.11 Å². The molecule has 4 nitrogen and oxygen atoms in total. The van der Waals surface area contributed by atoms with Gasteiger partial charge in [-0.1, -0.05) is 12.0 Å². The third kappa shape index (κ3) is 3.08. The highest BCUT2D eigenvalue weighted by atomic mass is 32.2. The van der Waals surface area contributed by atoms with Crippen LogP contribution in [-0.2, 0) is 9.84 Å². The van der Waals surface area contributed by atoms with Crippen molar-refractivity contribution < 1.29 is 18.3 Å². The second kappa shape index (κ2) is 5.02. The van der Waals surface area contributed by atoms with E-state index in [9.17, 15) is 13.2 Å². The van der Waals surface area contributed by atoms with Gasteiger partial charge in [0.1, 0.15) is 5.75 Å². The fourth-order valence-electron chi connectivity index (χ4n) is 1.28. The zero-order valence-electron chi connectivity index (χ0n) is 9.52. The van der Waals surface area contributed by atoms with Crippen molar-refractivity contribution in [2.24, 2.45) is 0 Å². The average molecular weight is 252 g/mol. The van der Waals surface area contributed by atoms with Crippen LogP contribution in [0.2, 0.25) is 0 Å². The number of carbonyl (C=O) groups is 1. The van der Waals surface area contributed by atoms with E-state index in [1.807, 2.05) is 0 Å². The van der Waals surface area contributed by atoms with Gasteiger partial charge >= 0.3 is 5.97 Å². The molecule has 1 N–H and O–H groups in total. The van der Waals surface area contributed by atoms with Crippen LogP contribution in [0.4, 0.5) is 0 Å². The van der Waals surface area contributed by atoms with Gasteiger partial charge in [0.2, 0.25) is 0 Å². The van der Waals surface area contributed by atoms with E-state index in [4.69, 9.17) is 5.11 Å². The van der Waals surface area contributed by atoms with Crippen molar-refractivity contribution in [3.8, 4) is 11.8 Å². The molecule has 5 heteroatoms. The van der Waals surface area contributed by atoms with Crippen molar-refractivity contribution in [3.05, 3.63) is 29.3 Å². The number of aryl methyl sites for hydroxylation is 1. The lowest BCUT2D eigenvalue weighted by Crippen LogP contribution is -2.08. The van der Waals surface area contributed by atoms with Crippen molar-refractivity contribution in [1.29, 1.82) is 0 Å². The normalized spacial score (nSPS) is 10.5. The van der Waals surface area contributed by atoms with Gasteiger partial charge in [-0.25, -0.2) is 13.2 Å². The Kier molecular flexibility index (Phi) is 3.92. The van der Waals surface area contributed by atoms with Crippen molar-refractivity contribution in [2.45, 2.75) is 18.7 Å². The van der Waals surface area contributed by atoms with Crippen LogP contribution in [0.1, 0.15) is 22.8 Å². The summed E-state index contributed by atoms with van der Waals surface area (Å²) >= 11 is 0. The van der Waals surface area contributed by atoms with Gasteiger partial charge in [0.15, 0.2) is 9.84 Å². The summed E-state index contributed by atoms with van der Waals surface area (Å²) < 4.78 is 23.6. The smallest absolute Gasteiger partial charge is 0.335 e. The molecule has 0 bridgehead atoms. The Morgan fingerprint density at radius 3 is 2.59 bits per heavy atom. The predicted molar refractivity (Wildman–Crippen MR) is 63.6 cm³/mol. The predicted octanol–water partition coefficient (Wildman–Crippen LogP) is 1.49. The Hall–Kier alpha value is -1.80. The van der Waals surface area contributed by atoms with Crippen molar-refractivity contribution >= 4 is 15.8 Å². The summed E-state index contributed by atoms with van der Waals surface area (Å²) in [6.07, 6.45) is 0. The number of carboxylic acid groups (broad SMARTS) is 1. The zero-order valence-corrected chi connectivity index (χ0v) is 10.3. The molecule has 0 aliphatic heterocycles. The minimum Gasteiger partial charge on any atom is -0.478 e. The molecule has 0 heterocycles. The molecule has 0 atom stereocenters. The minimum atomic E-state index is -3.53. The summed E-state index contributed by atoms with van der Waals surface area (Å²) in [5.74, 6) is 3.52. The number of rotatable bonds is 3. The number of carboxylic acids is 1. The number of benzene rings is 1. The van der Waals surface area contributed by atoms with Gasteiger partial charge in [-0.05, 0) is 31.5 Å². The van der Waals surface area contributed by atoms with Crippen LogP contribution in [0, 0.1) is 18.8 Å². The molecule has 17 heavy (non-hydrogen) atoms. The largest absolute Gasteiger partial charge is 0.478 e. The molecule has 0 fully saturated rings. The van der Waals surface area contributed by atoms with Crippen LogP contribution in [0.25, 0.3) is 0 Å². The van der Waals surface area contributed by atoms with E-state index < -0.39 is 15.8 Å². The average Bonchev–Trinajstić information content (AvgIpc) is 2.26. The highest BCUT2D eigenvalue weighted by Crippen LogP contribution is 2.16. The molecule has 1 rings (SSSR count). The molecular weight excluding hydrogens is 240 g/mol. The third-order valence-corrected chi connectivity index (χ3v) is 3.73. The van der Waals surface area contributed by atoms with E-state index >= 15 is 0 Å². The van der Waals surface area contributed by atoms with Gasteiger partial charge in [0, 0.05) is 0 Å². The quantitative estimate of drug-likeness (QED) is 0.827. The van der Waals surface area contributed by atoms with Crippen LogP contribution < -0.4 is 0 Å². The summed E-state index contributed by atoms with van der Waals surface area (Å²) in [6.45, 7) is 3.17. The highest BCUT2D eigenvalue weighted by Gasteiger charge is 2.16. The lowest BCUT2D eigenvalue weighted by molar-refractivity contribution is 0.0696. The van der Waals surface area contributed by atoms with Crippen molar-refractivity contribution in [2.75, 3.05) is 5.75 Å². The van der Waals surface area contributed by atoms with Crippen LogP contribution in [0.3, 0.4) is 0 Å². The van der Waals surface area contributed by atoms with Crippen LogP contribution >= 0.6 is 0 Å². The number of hydrogen-bond acceptors (Lipinski definition) is 3. The SMILES string of the molecule is CC#CCS(=O)(=O)c1ccc(C)c(C(=O)O)c1. The first-order chi connectivity index (χ1) is 7.88. The van der Waals surface area contributed by atoms with Crippen LogP contribution in [0.15, 0.2) is 23.1 Å². The Labute approximate surface area is 100 Å². The summed E-state index contributed by atoms with van der Waals surface area (Å²) in [4.78, 5) is 10.9. The van der Waals surface area contributed by atoms with E-state index in [1.165, 1.54) is 18.2 Å². The molecule has 0 saturated carbocycles. The topological polar surface area (TPSA) is 71.4 Å². The Morgan fingerprint density at radius 2 is 2.06 bits per heavy atom. The van der Waals surface area contributed by atoms with Crippen molar-refractivity contribution in [1.82, 2.24) is 0 Å². The molecule has 0 unspecified atom stereocenters. The second-order valence-corrected chi connectivity index (χ2v) is 5.46. The first-order valence-corrected chi connectivity index (χ1v) is 6.50. The fraction of sp³-hybridized carbons (Fsp3) is 0.250. The maximum Gasteiger partial charge on any atom is 0.335 e. The second-order valence-electron chi connectivity index (χ2n) is 3.47. The lowest BCUT2D eigenvalue weighted by Gasteiger charge is -2.04. The third-order valence-electron chi connectivity index (χ3n) is 2.24. The molecule has 1 aromatic rings. The molecule has 0 aliphatic rings. The van der Waals surface area contributed by atoms with E-state index in [2.05, 4.69) is 11.8 Å². The molecule has 0 aliphatic carbocycles. The first-order valence-electron chi connectivity index (χ1n) is 4.85. The molecule has 0 radical (unpaired) electrons. The molecule has 0 spiro atoms. The summed E-state index contributed by atoms with van der Waals surface area (Å²) in [5, 5.41) is 8.91. The summed E-state index contributed by atoms with van der Waals surface area (Å²) in [6, 6.07) is 4.05. The van der Waals surface area contributed by atoms with Gasteiger partial charge in [-0.2, -0.15) is 0 Å². The van der Waals surface area contributed by atoms with Gasteiger partial charge in [0.25, 0.3) is 0 Å². The van der Waals surface area contributed by atoms with Gasteiger partial charge in [-0.3, -0.25) is 0 Å². The molecular formula is C12H12O4S. The number of aromatic carboxylic acids is 1. The summed E-state index contributed by atoms with van der Waals surface area (Å²) in [5.41, 5.74) is 0.522. The summed E-state index contributed by atoms with van der Waals surface area (Å²) in [7, 11) is -3.53. The van der Waals surface area contributed by atoms with Gasteiger partial charge in [0.05, 0.1) is 10.5 Å². The Balaban J connectivity index is 3.28. The fourth-order valence-corrected chi connectivity index (χ4v) is 2.35. The zero-order chi connectivity index (χ0) is 13.1. The number of sulfone groups is 1. The monoisotopic (exact) mass is 252 g/mol. The van der Waals surface area contributed by atoms with E-state index in [1.54, 1.807) is 13.8 Å². The molecule has 0 saturated heterocycles. The maximum absolute atomic E-state index is 11.8. The molecule has 90 valence electrons. The minimum absolute atomic E-state index is 0.00414. The molecule has 0 aromatic heterocycles. The Morgan fingerprint density at radius 1 is 1.41 bits per heavy atom. The lowest BCUT2D eigenvalue weighted by atomic mass is 10.1. The Bertz CT molecular complexity index is 603. The standard InChI is InChI=1S/C12H12O4S/c1-3-4-7-17(15,16)10-6-5-9(2)11(8-10)12(13)14/h5-6,8H,7H2,1-2H3,(H,13,14). The van der Waals surface area contributed by atoms with Crippen molar-refractivity contribution in [3.63, 3.8) is 0 Å². The van der Waals surface area contributed by atoms with E-state index in [0.717, 1.165) is 0 Å². The van der Waals surface area contributed by atoms with Crippen LogP contribution in [-0.4, -0.2) is 25.2 Å². The first kappa shape index (κ1) is 13.3.